The van der Waals surface area contributed by atoms with Gasteiger partial charge in [-0.1, -0.05) is 11.6 Å². The summed E-state index contributed by atoms with van der Waals surface area (Å²) < 4.78 is 9.11. The molecule has 1 heterocycles. The molecule has 0 radical (unpaired) electrons. The van der Waals surface area contributed by atoms with Gasteiger partial charge in [0.2, 0.25) is 0 Å². The minimum absolute atomic E-state index is 0.785. The number of hydrogen-bond donors (Lipinski definition) is 2. The summed E-state index contributed by atoms with van der Waals surface area (Å²) in [6.45, 7) is 0. The number of carbonyl (C=O) groups is 3. The molecule has 84 valence electrons. The fourth-order valence-electron chi connectivity index (χ4n) is 1.14. The molecular weight excluding hydrogens is 228 g/mol. The first kappa shape index (κ1) is 11.7. The van der Waals surface area contributed by atoms with Gasteiger partial charge in [0.1, 0.15) is 0 Å². The van der Waals surface area contributed by atoms with Crippen molar-refractivity contribution in [1.82, 2.24) is 10.6 Å². The van der Waals surface area contributed by atoms with Gasteiger partial charge >= 0.3 is 12.0 Å². The van der Waals surface area contributed by atoms with E-state index in [4.69, 9.17) is 16.3 Å². The van der Waals surface area contributed by atoms with Crippen molar-refractivity contribution < 1.29 is 23.9 Å². The molecule has 0 aromatic rings. The molecule has 0 aromatic carbocycles. The molecule has 2 unspecified atom stereocenters. The fraction of sp³-hybridized carbons (Fsp3) is 0.571. The molecule has 0 spiro atoms. The second-order valence-electron chi connectivity index (χ2n) is 2.75. The number of imide groups is 1. The quantitative estimate of drug-likeness (QED) is 0.362. The second-order valence-corrected chi connectivity index (χ2v) is 3.34. The Balaban J connectivity index is 3.06. The fourth-order valence-corrected chi connectivity index (χ4v) is 1.41. The Morgan fingerprint density at radius 2 is 2.07 bits per heavy atom. The van der Waals surface area contributed by atoms with E-state index in [1.807, 2.05) is 5.32 Å². The number of rotatable bonds is 2. The summed E-state index contributed by atoms with van der Waals surface area (Å²) in [5.74, 6) is -1.99. The van der Waals surface area contributed by atoms with Crippen LogP contribution in [0.2, 0.25) is 0 Å². The van der Waals surface area contributed by atoms with Crippen LogP contribution in [0.5, 0.6) is 0 Å². The van der Waals surface area contributed by atoms with E-state index in [0.29, 0.717) is 0 Å². The average Bonchev–Trinajstić information content (AvgIpc) is 2.21. The zero-order chi connectivity index (χ0) is 11.6. The van der Waals surface area contributed by atoms with Gasteiger partial charge in [0.05, 0.1) is 7.11 Å². The molecule has 1 fully saturated rings. The molecule has 8 heteroatoms. The van der Waals surface area contributed by atoms with Crippen molar-refractivity contribution in [3.05, 3.63) is 0 Å². The van der Waals surface area contributed by atoms with Crippen molar-refractivity contribution in [3.8, 4) is 0 Å². The van der Waals surface area contributed by atoms with Crippen molar-refractivity contribution in [2.45, 2.75) is 11.1 Å². The van der Waals surface area contributed by atoms with Crippen molar-refractivity contribution in [1.29, 1.82) is 0 Å². The highest BCUT2D eigenvalue weighted by atomic mass is 35.5. The Hall–Kier alpha value is -1.34. The van der Waals surface area contributed by atoms with E-state index in [9.17, 15) is 14.4 Å². The molecule has 3 amide bonds. The lowest BCUT2D eigenvalue weighted by Gasteiger charge is -2.34. The maximum Gasteiger partial charge on any atom is 0.341 e. The number of ether oxygens (including phenoxy) is 2. The number of methoxy groups -OCH3 is 2. The van der Waals surface area contributed by atoms with Gasteiger partial charge in [0.25, 0.3) is 10.8 Å². The molecule has 1 aliphatic rings. The van der Waals surface area contributed by atoms with Gasteiger partial charge < -0.3 is 14.8 Å². The summed E-state index contributed by atoms with van der Waals surface area (Å²) in [6.07, 6.45) is -1.27. The van der Waals surface area contributed by atoms with Gasteiger partial charge in [-0.25, -0.2) is 9.59 Å². The molecule has 0 bridgehead atoms. The maximum absolute atomic E-state index is 11.4. The molecule has 0 saturated carbocycles. The molecule has 2 atom stereocenters. The van der Waals surface area contributed by atoms with E-state index in [1.165, 1.54) is 7.11 Å². The second kappa shape index (κ2) is 4.03. The Morgan fingerprint density at radius 3 is 2.53 bits per heavy atom. The number of hydrogen-bond acceptors (Lipinski definition) is 5. The average molecular weight is 237 g/mol. The van der Waals surface area contributed by atoms with Gasteiger partial charge in [-0.3, -0.25) is 10.1 Å². The van der Waals surface area contributed by atoms with E-state index in [0.717, 1.165) is 7.11 Å². The largest absolute Gasteiger partial charge is 0.467 e. The number of halogens is 1. The monoisotopic (exact) mass is 236 g/mol. The van der Waals surface area contributed by atoms with Crippen LogP contribution in [0, 0.1) is 0 Å². The summed E-state index contributed by atoms with van der Waals surface area (Å²) in [5, 5.41) is 4.02. The summed E-state index contributed by atoms with van der Waals surface area (Å²) >= 11 is 5.78. The SMILES string of the molecule is COC(=O)C1(Cl)C(=O)NC(=O)NC1OC. The molecule has 2 N–H and O–H groups in total. The van der Waals surface area contributed by atoms with Gasteiger partial charge in [0, 0.05) is 7.11 Å². The van der Waals surface area contributed by atoms with Crippen molar-refractivity contribution >= 4 is 29.5 Å². The molecule has 0 aliphatic carbocycles. The lowest BCUT2D eigenvalue weighted by Crippen LogP contribution is -2.70. The minimum atomic E-state index is -2.10. The zero-order valence-corrected chi connectivity index (χ0v) is 8.75. The zero-order valence-electron chi connectivity index (χ0n) is 8.00. The van der Waals surface area contributed by atoms with Crippen LogP contribution in [0.4, 0.5) is 4.79 Å². The van der Waals surface area contributed by atoms with Gasteiger partial charge in [-0.15, -0.1) is 0 Å². The third-order valence-corrected chi connectivity index (χ3v) is 2.42. The highest BCUT2D eigenvalue weighted by molar-refractivity contribution is 6.47. The number of nitrogens with one attached hydrogen (secondary N) is 2. The molecule has 0 aromatic heterocycles. The predicted molar refractivity (Wildman–Crippen MR) is 48.1 cm³/mol. The highest BCUT2D eigenvalue weighted by Crippen LogP contribution is 2.25. The van der Waals surface area contributed by atoms with Crippen molar-refractivity contribution in [3.63, 3.8) is 0 Å². The van der Waals surface area contributed by atoms with Crippen LogP contribution in [-0.4, -0.2) is 43.2 Å². The van der Waals surface area contributed by atoms with Gasteiger partial charge in [-0.05, 0) is 0 Å². The first-order valence-electron chi connectivity index (χ1n) is 3.89. The Kier molecular flexibility index (Phi) is 3.15. The molecule has 15 heavy (non-hydrogen) atoms. The van der Waals surface area contributed by atoms with E-state index < -0.39 is 29.0 Å². The number of alkyl halides is 1. The molecule has 1 saturated heterocycles. The maximum atomic E-state index is 11.4. The molecule has 7 nitrogen and oxygen atoms in total. The smallest absolute Gasteiger partial charge is 0.341 e. The number of amides is 3. The summed E-state index contributed by atoms with van der Waals surface area (Å²) in [4.78, 5) is 31.5. The number of esters is 1. The third-order valence-electron chi connectivity index (χ3n) is 1.90. The minimum Gasteiger partial charge on any atom is -0.467 e. The van der Waals surface area contributed by atoms with E-state index in [2.05, 4.69) is 10.1 Å². The van der Waals surface area contributed by atoms with Crippen LogP contribution in [0.3, 0.4) is 0 Å². The van der Waals surface area contributed by atoms with Crippen molar-refractivity contribution in [2.75, 3.05) is 14.2 Å². The lowest BCUT2D eigenvalue weighted by molar-refractivity contribution is -0.154. The first-order chi connectivity index (χ1) is 6.96. The molecule has 1 aliphatic heterocycles. The van der Waals surface area contributed by atoms with E-state index >= 15 is 0 Å². The number of urea groups is 1. The van der Waals surface area contributed by atoms with Crippen LogP contribution in [0.25, 0.3) is 0 Å². The highest BCUT2D eigenvalue weighted by Gasteiger charge is 2.57. The van der Waals surface area contributed by atoms with Crippen molar-refractivity contribution in [2.24, 2.45) is 0 Å². The standard InChI is InChI=1S/C7H9ClN2O5/c1-14-4-7(8,5(12)15-2)3(11)9-6(13)10-4/h4H,1-2H3,(H2,9,10,11,13). The Morgan fingerprint density at radius 1 is 1.47 bits per heavy atom. The van der Waals surface area contributed by atoms with Crippen LogP contribution in [-0.2, 0) is 19.1 Å². The Labute approximate surface area is 90.0 Å². The lowest BCUT2D eigenvalue weighted by atomic mass is 10.0. The molecular formula is C7H9ClN2O5. The van der Waals surface area contributed by atoms with Gasteiger partial charge in [-0.2, -0.15) is 0 Å². The third kappa shape index (κ3) is 1.75. The first-order valence-corrected chi connectivity index (χ1v) is 4.26. The normalized spacial score (nSPS) is 30.5. The molecule has 1 rings (SSSR count). The topological polar surface area (TPSA) is 93.7 Å². The van der Waals surface area contributed by atoms with E-state index in [-0.39, 0.29) is 0 Å². The van der Waals surface area contributed by atoms with Crippen LogP contribution < -0.4 is 10.6 Å². The predicted octanol–water partition coefficient (Wildman–Crippen LogP) is -1.05. The van der Waals surface area contributed by atoms with E-state index in [1.54, 1.807) is 0 Å². The summed E-state index contributed by atoms with van der Waals surface area (Å²) in [5.41, 5.74) is 0. The van der Waals surface area contributed by atoms with Crippen LogP contribution in [0.1, 0.15) is 0 Å². The van der Waals surface area contributed by atoms with Crippen LogP contribution >= 0.6 is 11.6 Å². The summed E-state index contributed by atoms with van der Waals surface area (Å²) in [6, 6.07) is -0.785. The summed E-state index contributed by atoms with van der Waals surface area (Å²) in [7, 11) is 2.27. The Bertz CT molecular complexity index is 321. The number of carbonyl (C=O) groups excluding carboxylic acids is 3. The van der Waals surface area contributed by atoms with Crippen LogP contribution in [0.15, 0.2) is 0 Å². The van der Waals surface area contributed by atoms with Gasteiger partial charge in [0.15, 0.2) is 6.23 Å².